The van der Waals surface area contributed by atoms with Gasteiger partial charge in [-0.05, 0) is 68.5 Å². The van der Waals surface area contributed by atoms with E-state index in [1.807, 2.05) is 56.8 Å². The molecule has 0 saturated carbocycles. The molecule has 1 N–H and O–H groups in total. The van der Waals surface area contributed by atoms with Gasteiger partial charge in [0, 0.05) is 74.2 Å². The molecule has 0 aliphatic heterocycles. The highest BCUT2D eigenvalue weighted by Gasteiger charge is 2.20. The van der Waals surface area contributed by atoms with E-state index in [-0.39, 0.29) is 0 Å². The maximum absolute atomic E-state index is 12.3. The molecule has 0 saturated heterocycles. The number of carbonyl (C=O) groups is 1. The lowest BCUT2D eigenvalue weighted by atomic mass is 10.0. The van der Waals surface area contributed by atoms with E-state index >= 15 is 0 Å². The summed E-state index contributed by atoms with van der Waals surface area (Å²) in [5.74, 6) is 0.385. The minimum absolute atomic E-state index is 0.385. The van der Waals surface area contributed by atoms with Crippen LogP contribution in [0.2, 0.25) is 25.7 Å². The number of nitrogens with zero attached hydrogens (tertiary/aromatic N) is 7. The summed E-state index contributed by atoms with van der Waals surface area (Å²) in [6.07, 6.45) is 7.87. The van der Waals surface area contributed by atoms with E-state index in [1.54, 1.807) is 17.7 Å². The molecular weight excluding hydrogens is 677 g/mol. The monoisotopic (exact) mass is 724 g/mol. The Bertz CT molecular complexity index is 2160. The molecule has 1 amide bonds. The Morgan fingerprint density at radius 3 is 2.63 bits per heavy atom. The van der Waals surface area contributed by atoms with Crippen LogP contribution in [0.25, 0.3) is 53.6 Å². The Morgan fingerprint density at radius 1 is 1.08 bits per heavy atom. The average molecular weight is 725 g/mol. The molecule has 2 aromatic carbocycles. The summed E-state index contributed by atoms with van der Waals surface area (Å²) in [6, 6.07) is 16.3. The normalized spacial score (nSPS) is 12.5. The number of rotatable bonds is 13. The van der Waals surface area contributed by atoms with Crippen molar-refractivity contribution in [2.24, 2.45) is 4.99 Å². The van der Waals surface area contributed by atoms with Crippen molar-refractivity contribution in [3.8, 4) is 21.6 Å². The third-order valence-electron chi connectivity index (χ3n) is 8.20. The summed E-state index contributed by atoms with van der Waals surface area (Å²) in [5, 5.41) is 9.93. The lowest BCUT2D eigenvalue weighted by Gasteiger charge is -2.19. The molecule has 4 aromatic heterocycles. The topological polar surface area (TPSA) is 112 Å². The number of thiophene rings is 1. The molecule has 0 unspecified atom stereocenters. The summed E-state index contributed by atoms with van der Waals surface area (Å²) in [5.41, 5.74) is 5.27. The summed E-state index contributed by atoms with van der Waals surface area (Å²) in [6.45, 7) is 14.9. The van der Waals surface area contributed by atoms with E-state index in [9.17, 15) is 4.79 Å². The molecule has 6 aromatic rings. The van der Waals surface area contributed by atoms with Crippen LogP contribution >= 0.6 is 11.3 Å². The molecule has 0 aliphatic rings. The molecule has 51 heavy (non-hydrogen) atoms. The van der Waals surface area contributed by atoms with Crippen molar-refractivity contribution < 1.29 is 14.3 Å². The van der Waals surface area contributed by atoms with E-state index < -0.39 is 19.8 Å². The highest BCUT2D eigenvalue weighted by Crippen LogP contribution is 2.41. The number of amides is 1. The molecular formula is C38H48N8O3SSi. The van der Waals surface area contributed by atoms with Crippen LogP contribution in [0.1, 0.15) is 27.2 Å². The van der Waals surface area contributed by atoms with Crippen molar-refractivity contribution in [2.75, 3.05) is 27.2 Å². The van der Waals surface area contributed by atoms with Gasteiger partial charge in [0.1, 0.15) is 17.8 Å². The highest BCUT2D eigenvalue weighted by molar-refractivity contribution is 7.22. The van der Waals surface area contributed by atoms with Crippen molar-refractivity contribution in [3.05, 3.63) is 61.1 Å². The van der Waals surface area contributed by atoms with Gasteiger partial charge in [-0.3, -0.25) is 0 Å². The van der Waals surface area contributed by atoms with Gasteiger partial charge >= 0.3 is 6.09 Å². The molecule has 0 atom stereocenters. The van der Waals surface area contributed by atoms with Crippen LogP contribution in [0.5, 0.6) is 0 Å². The zero-order valence-electron chi connectivity index (χ0n) is 30.9. The SMILES string of the molecule is CN(C)C=Nc1ncc2c(n1)c(-c1cc(-c3cc4ccccc4s3)c3c(cnn3COCC[Si](C)(C)C)c1)cn2CCCNC(=O)OC(C)(C)C. The van der Waals surface area contributed by atoms with Gasteiger partial charge in [0.2, 0.25) is 0 Å². The predicted octanol–water partition coefficient (Wildman–Crippen LogP) is 8.78. The zero-order chi connectivity index (χ0) is 36.3. The lowest BCUT2D eigenvalue weighted by Crippen LogP contribution is -2.33. The van der Waals surface area contributed by atoms with Gasteiger partial charge in [-0.25, -0.2) is 24.4 Å². The van der Waals surface area contributed by atoms with E-state index in [2.05, 4.69) is 88.2 Å². The van der Waals surface area contributed by atoms with E-state index in [4.69, 9.17) is 19.6 Å². The Labute approximate surface area is 304 Å². The van der Waals surface area contributed by atoms with Gasteiger partial charge in [-0.15, -0.1) is 11.3 Å². The van der Waals surface area contributed by atoms with Crippen molar-refractivity contribution in [2.45, 2.75) is 71.8 Å². The Kier molecular flexibility index (Phi) is 10.6. The van der Waals surface area contributed by atoms with Gasteiger partial charge < -0.3 is 24.3 Å². The molecule has 0 spiro atoms. The molecule has 11 nitrogen and oxygen atoms in total. The van der Waals surface area contributed by atoms with Crippen molar-refractivity contribution >= 4 is 69.8 Å². The first-order chi connectivity index (χ1) is 24.2. The number of nitrogens with one attached hydrogen (secondary N) is 1. The number of benzene rings is 2. The maximum atomic E-state index is 12.3. The third-order valence-corrected chi connectivity index (χ3v) is 11.1. The molecule has 6 rings (SSSR count). The summed E-state index contributed by atoms with van der Waals surface area (Å²) < 4.78 is 17.0. The molecule has 13 heteroatoms. The van der Waals surface area contributed by atoms with Crippen LogP contribution in [-0.4, -0.2) is 82.6 Å². The standard InChI is InChI=1S/C38H48N8O3SSi/c1-38(2,3)49-37(47)39-14-11-15-45-23-30(34-31(45)22-40-36(43-34)41-24-44(4)5)27-18-28-21-42-46(25-48-16-17-51(6,7)8)35(28)29(19-27)33-20-26-12-9-10-13-32(26)50-33/h9-10,12-13,18-24H,11,14-17,25H2,1-8H3,(H,39,47). The van der Waals surface area contributed by atoms with E-state index in [0.717, 1.165) is 56.2 Å². The van der Waals surface area contributed by atoms with Gasteiger partial charge in [0.25, 0.3) is 5.95 Å². The Morgan fingerprint density at radius 2 is 1.88 bits per heavy atom. The number of aliphatic imine (C=N–C) groups is 1. The number of carbonyl (C=O) groups excluding carboxylic acids is 1. The second-order valence-electron chi connectivity index (χ2n) is 15.2. The molecule has 0 aliphatic carbocycles. The molecule has 4 heterocycles. The minimum Gasteiger partial charge on any atom is -0.444 e. The van der Waals surface area contributed by atoms with E-state index in [1.165, 1.54) is 10.1 Å². The van der Waals surface area contributed by atoms with Crippen LogP contribution in [0.4, 0.5) is 10.7 Å². The smallest absolute Gasteiger partial charge is 0.407 e. The lowest BCUT2D eigenvalue weighted by molar-refractivity contribution is 0.0526. The van der Waals surface area contributed by atoms with Crippen molar-refractivity contribution in [1.82, 2.24) is 34.5 Å². The maximum Gasteiger partial charge on any atom is 0.407 e. The first-order valence-corrected chi connectivity index (χ1v) is 21.9. The summed E-state index contributed by atoms with van der Waals surface area (Å²) in [4.78, 5) is 29.3. The first kappa shape index (κ1) is 36.2. The second-order valence-corrected chi connectivity index (χ2v) is 21.9. The number of alkyl carbamates (subject to hydrolysis) is 1. The van der Waals surface area contributed by atoms with Crippen LogP contribution in [0.3, 0.4) is 0 Å². The number of ether oxygens (including phenoxy) is 2. The van der Waals surface area contributed by atoms with Gasteiger partial charge in [0.15, 0.2) is 0 Å². The van der Waals surface area contributed by atoms with Gasteiger partial charge in [-0.1, -0.05) is 37.8 Å². The van der Waals surface area contributed by atoms with Crippen LogP contribution in [0, 0.1) is 0 Å². The number of aromatic nitrogens is 5. The predicted molar refractivity (Wildman–Crippen MR) is 212 cm³/mol. The Hall–Kier alpha value is -4.59. The fraction of sp³-hybridized carbons (Fsp3) is 0.395. The van der Waals surface area contributed by atoms with E-state index in [0.29, 0.717) is 32.2 Å². The molecule has 0 bridgehead atoms. The fourth-order valence-corrected chi connectivity index (χ4v) is 7.60. The highest BCUT2D eigenvalue weighted by atomic mass is 32.1. The minimum atomic E-state index is -1.22. The molecule has 0 radical (unpaired) electrons. The van der Waals surface area contributed by atoms with Crippen molar-refractivity contribution in [1.29, 1.82) is 0 Å². The largest absolute Gasteiger partial charge is 0.444 e. The Balaban J connectivity index is 1.41. The zero-order valence-corrected chi connectivity index (χ0v) is 32.7. The number of hydrogen-bond acceptors (Lipinski definition) is 8. The quantitative estimate of drug-likeness (QED) is 0.0549. The fourth-order valence-electron chi connectivity index (χ4n) is 5.76. The number of fused-ring (bicyclic) bond motifs is 3. The first-order valence-electron chi connectivity index (χ1n) is 17.3. The van der Waals surface area contributed by atoms with Gasteiger partial charge in [-0.2, -0.15) is 5.10 Å². The average Bonchev–Trinajstić information content (AvgIpc) is 3.77. The van der Waals surface area contributed by atoms with Crippen LogP contribution in [-0.2, 0) is 22.7 Å². The molecule has 0 fully saturated rings. The number of aryl methyl sites for hydroxylation is 1. The van der Waals surface area contributed by atoms with Crippen LogP contribution < -0.4 is 5.32 Å². The summed E-state index contributed by atoms with van der Waals surface area (Å²) in [7, 11) is 2.61. The number of hydrogen-bond donors (Lipinski definition) is 1. The van der Waals surface area contributed by atoms with Gasteiger partial charge in [0.05, 0.1) is 29.8 Å². The molecule has 268 valence electrons. The summed E-state index contributed by atoms with van der Waals surface area (Å²) >= 11 is 1.78. The van der Waals surface area contributed by atoms with Crippen LogP contribution in [0.15, 0.2) is 66.0 Å². The second kappa shape index (κ2) is 14.9. The third kappa shape index (κ3) is 9.02. The van der Waals surface area contributed by atoms with Crippen molar-refractivity contribution in [3.63, 3.8) is 0 Å².